The Kier molecular flexibility index (Phi) is 6.51. The zero-order valence-electron chi connectivity index (χ0n) is 17.6. The summed E-state index contributed by atoms with van der Waals surface area (Å²) in [6.45, 7) is 4.00. The third-order valence-corrected chi connectivity index (χ3v) is 4.97. The highest BCUT2D eigenvalue weighted by atomic mass is 16.5. The topological polar surface area (TPSA) is 87.3 Å². The first-order valence-electron chi connectivity index (χ1n) is 9.91. The number of carbonyl (C=O) groups is 2. The molecule has 0 aliphatic carbocycles. The number of carbonyl (C=O) groups excluding carboxylic acids is 2. The molecule has 1 aliphatic rings. The van der Waals surface area contributed by atoms with Gasteiger partial charge in [0.25, 0.3) is 5.91 Å². The van der Waals surface area contributed by atoms with Crippen LogP contribution in [0.3, 0.4) is 0 Å². The molecule has 2 N–H and O–H groups in total. The van der Waals surface area contributed by atoms with Crippen molar-refractivity contribution in [1.29, 1.82) is 0 Å². The monoisotopic (exact) mass is 406 g/mol. The van der Waals surface area contributed by atoms with Crippen LogP contribution in [0, 0.1) is 0 Å². The number of methoxy groups -OCH3 is 1. The highest BCUT2D eigenvalue weighted by Crippen LogP contribution is 2.28. The summed E-state index contributed by atoms with van der Waals surface area (Å²) in [7, 11) is 3.23. The Bertz CT molecular complexity index is 1010. The molecule has 3 aromatic rings. The Balaban J connectivity index is 0.00000124. The van der Waals surface area contributed by atoms with E-state index >= 15 is 0 Å². The molecule has 2 heterocycles. The third kappa shape index (κ3) is 4.20. The number of aromatic amines is 1. The van der Waals surface area contributed by atoms with E-state index in [2.05, 4.69) is 15.5 Å². The Labute approximate surface area is 176 Å². The summed E-state index contributed by atoms with van der Waals surface area (Å²) in [6, 6.07) is 12.4. The molecule has 0 radical (unpaired) electrons. The third-order valence-electron chi connectivity index (χ3n) is 4.97. The standard InChI is InChI=1S/C21H20N4O3.C2H6/c1-25-19-8-7-16(28-2)10-17(19)20(26)24-18(21(25)27)9-13-3-5-14(6-4-13)15-11-22-23-12-15;1-2/h3-8,10-12,18H,9H2,1-2H3,(H,22,23)(H,24,26);1-2H3. The second-order valence-electron chi connectivity index (χ2n) is 6.69. The van der Waals surface area contributed by atoms with Gasteiger partial charge in [0, 0.05) is 25.2 Å². The van der Waals surface area contributed by atoms with Gasteiger partial charge in [-0.2, -0.15) is 5.10 Å². The summed E-state index contributed by atoms with van der Waals surface area (Å²) >= 11 is 0. The molecule has 156 valence electrons. The van der Waals surface area contributed by atoms with Crippen molar-refractivity contribution in [1.82, 2.24) is 15.5 Å². The first kappa shape index (κ1) is 21.1. The van der Waals surface area contributed by atoms with Gasteiger partial charge in [-0.3, -0.25) is 14.7 Å². The van der Waals surface area contributed by atoms with Gasteiger partial charge in [-0.05, 0) is 29.3 Å². The SMILES string of the molecule is CC.COc1ccc2c(c1)C(=O)NC(Cc1ccc(-c3cn[nH]c3)cc1)C(=O)N2C. The molecule has 0 saturated heterocycles. The highest BCUT2D eigenvalue weighted by molar-refractivity contribution is 6.11. The van der Waals surface area contributed by atoms with E-state index in [4.69, 9.17) is 4.74 Å². The number of ether oxygens (including phenoxy) is 1. The number of rotatable bonds is 4. The van der Waals surface area contributed by atoms with Crippen LogP contribution in [0.25, 0.3) is 11.1 Å². The summed E-state index contributed by atoms with van der Waals surface area (Å²) < 4.78 is 5.21. The fourth-order valence-electron chi connectivity index (χ4n) is 3.38. The number of nitrogens with zero attached hydrogens (tertiary/aromatic N) is 2. The van der Waals surface area contributed by atoms with Crippen molar-refractivity contribution < 1.29 is 14.3 Å². The van der Waals surface area contributed by atoms with Crippen molar-refractivity contribution in [2.75, 3.05) is 19.1 Å². The zero-order chi connectivity index (χ0) is 21.7. The normalized spacial score (nSPS) is 15.5. The Morgan fingerprint density at radius 2 is 1.80 bits per heavy atom. The number of aromatic nitrogens is 2. The van der Waals surface area contributed by atoms with Crippen LogP contribution in [0.4, 0.5) is 5.69 Å². The van der Waals surface area contributed by atoms with E-state index in [1.807, 2.05) is 44.3 Å². The van der Waals surface area contributed by atoms with Gasteiger partial charge in [-0.1, -0.05) is 38.1 Å². The number of amides is 2. The van der Waals surface area contributed by atoms with Gasteiger partial charge in [0.1, 0.15) is 11.8 Å². The molecule has 0 saturated carbocycles. The molecular weight excluding hydrogens is 380 g/mol. The van der Waals surface area contributed by atoms with Crippen molar-refractivity contribution in [2.24, 2.45) is 0 Å². The van der Waals surface area contributed by atoms with Crippen molar-refractivity contribution in [3.63, 3.8) is 0 Å². The minimum Gasteiger partial charge on any atom is -0.497 e. The Hall–Kier alpha value is -3.61. The molecule has 0 spiro atoms. The second kappa shape index (κ2) is 9.26. The number of likely N-dealkylation sites (N-methyl/N-ethyl adjacent to an activating group) is 1. The van der Waals surface area contributed by atoms with Gasteiger partial charge in [0.2, 0.25) is 5.91 Å². The summed E-state index contributed by atoms with van der Waals surface area (Å²) in [4.78, 5) is 27.2. The second-order valence-corrected chi connectivity index (χ2v) is 6.69. The van der Waals surface area contributed by atoms with Gasteiger partial charge in [-0.25, -0.2) is 0 Å². The minimum absolute atomic E-state index is 0.156. The van der Waals surface area contributed by atoms with Gasteiger partial charge < -0.3 is 15.0 Å². The molecule has 4 rings (SSSR count). The van der Waals surface area contributed by atoms with Crippen molar-refractivity contribution >= 4 is 17.5 Å². The number of benzene rings is 2. The van der Waals surface area contributed by atoms with E-state index in [1.165, 1.54) is 4.90 Å². The highest BCUT2D eigenvalue weighted by Gasteiger charge is 2.32. The van der Waals surface area contributed by atoms with Crippen LogP contribution in [0.1, 0.15) is 29.8 Å². The summed E-state index contributed by atoms with van der Waals surface area (Å²) in [5.74, 6) is 0.130. The van der Waals surface area contributed by atoms with Crippen LogP contribution in [0.2, 0.25) is 0 Å². The van der Waals surface area contributed by atoms with Gasteiger partial charge in [0.15, 0.2) is 0 Å². The predicted molar refractivity (Wildman–Crippen MR) is 117 cm³/mol. The van der Waals surface area contributed by atoms with E-state index in [9.17, 15) is 9.59 Å². The summed E-state index contributed by atoms with van der Waals surface area (Å²) in [6.07, 6.45) is 3.99. The fourth-order valence-corrected chi connectivity index (χ4v) is 3.38. The van der Waals surface area contributed by atoms with E-state index in [0.29, 0.717) is 23.4 Å². The molecule has 0 fully saturated rings. The van der Waals surface area contributed by atoms with Gasteiger partial charge >= 0.3 is 0 Å². The van der Waals surface area contributed by atoms with E-state index in [0.717, 1.165) is 16.7 Å². The smallest absolute Gasteiger partial charge is 0.254 e. The average Bonchev–Trinajstić information content (AvgIpc) is 3.31. The number of fused-ring (bicyclic) bond motifs is 1. The van der Waals surface area contributed by atoms with E-state index in [-0.39, 0.29) is 11.8 Å². The number of anilines is 1. The van der Waals surface area contributed by atoms with Crippen LogP contribution in [0.5, 0.6) is 5.75 Å². The molecule has 2 aromatic carbocycles. The largest absolute Gasteiger partial charge is 0.497 e. The number of hydrogen-bond donors (Lipinski definition) is 2. The maximum Gasteiger partial charge on any atom is 0.254 e. The maximum absolute atomic E-state index is 12.9. The summed E-state index contributed by atoms with van der Waals surface area (Å²) in [5.41, 5.74) is 3.98. The first-order chi connectivity index (χ1) is 14.6. The first-order valence-corrected chi connectivity index (χ1v) is 9.91. The Morgan fingerprint density at radius 3 is 2.43 bits per heavy atom. The maximum atomic E-state index is 12.9. The molecule has 30 heavy (non-hydrogen) atoms. The lowest BCUT2D eigenvalue weighted by molar-refractivity contribution is -0.120. The van der Waals surface area contributed by atoms with Crippen molar-refractivity contribution in [3.05, 3.63) is 66.0 Å². The fraction of sp³-hybridized carbons (Fsp3) is 0.261. The predicted octanol–water partition coefficient (Wildman–Crippen LogP) is 3.43. The van der Waals surface area contributed by atoms with Crippen molar-refractivity contribution in [3.8, 4) is 16.9 Å². The molecule has 0 bridgehead atoms. The number of nitrogens with one attached hydrogen (secondary N) is 2. The molecule has 2 amide bonds. The molecule has 7 nitrogen and oxygen atoms in total. The lowest BCUT2D eigenvalue weighted by atomic mass is 10.0. The minimum atomic E-state index is -0.643. The van der Waals surface area contributed by atoms with Gasteiger partial charge in [-0.15, -0.1) is 0 Å². The number of H-pyrrole nitrogens is 1. The average molecular weight is 406 g/mol. The quantitative estimate of drug-likeness (QED) is 0.695. The van der Waals surface area contributed by atoms with Crippen LogP contribution in [-0.4, -0.2) is 42.2 Å². The lowest BCUT2D eigenvalue weighted by Gasteiger charge is -2.21. The molecule has 1 aromatic heterocycles. The summed E-state index contributed by atoms with van der Waals surface area (Å²) in [5, 5.41) is 9.60. The van der Waals surface area contributed by atoms with Crippen molar-refractivity contribution in [2.45, 2.75) is 26.3 Å². The molecule has 1 atom stereocenters. The van der Waals surface area contributed by atoms with Crippen LogP contribution >= 0.6 is 0 Å². The molecule has 1 unspecified atom stereocenters. The van der Waals surface area contributed by atoms with Crippen LogP contribution in [-0.2, 0) is 11.2 Å². The van der Waals surface area contributed by atoms with Gasteiger partial charge in [0.05, 0.1) is 24.6 Å². The Morgan fingerprint density at radius 1 is 1.07 bits per heavy atom. The van der Waals surface area contributed by atoms with Crippen LogP contribution < -0.4 is 15.0 Å². The number of hydrogen-bond acceptors (Lipinski definition) is 4. The molecule has 1 aliphatic heterocycles. The van der Waals surface area contributed by atoms with Crippen LogP contribution in [0.15, 0.2) is 54.9 Å². The zero-order valence-corrected chi connectivity index (χ0v) is 17.6. The van der Waals surface area contributed by atoms with E-state index in [1.54, 1.807) is 38.6 Å². The van der Waals surface area contributed by atoms with E-state index < -0.39 is 6.04 Å². The molecule has 7 heteroatoms. The lowest BCUT2D eigenvalue weighted by Crippen LogP contribution is -2.45. The molecular formula is C23H26N4O3.